The van der Waals surface area contributed by atoms with Gasteiger partial charge in [0, 0.05) is 50.1 Å². The maximum Gasteiger partial charge on any atom is 0.0671 e. The van der Waals surface area contributed by atoms with Gasteiger partial charge in [0.2, 0.25) is 0 Å². The normalized spacial score (nSPS) is 13.0. The predicted molar refractivity (Wildman–Crippen MR) is 219 cm³/mol. The van der Waals surface area contributed by atoms with E-state index in [2.05, 4.69) is 156 Å². The second-order valence-corrected chi connectivity index (χ2v) is 13.5. The van der Waals surface area contributed by atoms with Crippen LogP contribution in [0, 0.1) is 6.92 Å². The van der Waals surface area contributed by atoms with E-state index >= 15 is 0 Å². The number of para-hydroxylation sites is 2. The average Bonchev–Trinajstić information content (AvgIpc) is 3.59. The molecule has 1 aromatic heterocycles. The first kappa shape index (κ1) is 31.3. The molecule has 4 heteroatoms. The fraction of sp³-hybridized carbons (Fsp3) is 0.0625. The van der Waals surface area contributed by atoms with Crippen LogP contribution in [0.15, 0.2) is 175 Å². The number of aryl methyl sites for hydroxylation is 1. The minimum atomic E-state index is 0.531. The number of aromatic amines is 1. The lowest BCUT2D eigenvalue weighted by Gasteiger charge is -2.33. The molecule has 0 radical (unpaired) electrons. The molecule has 0 fully saturated rings. The van der Waals surface area contributed by atoms with Gasteiger partial charge in [-0.25, -0.2) is 0 Å². The summed E-state index contributed by atoms with van der Waals surface area (Å²) in [6.45, 7) is 3.42. The summed E-state index contributed by atoms with van der Waals surface area (Å²) in [7, 11) is 0. The van der Waals surface area contributed by atoms with Gasteiger partial charge in [-0.3, -0.25) is 4.99 Å². The maximum atomic E-state index is 6.89. The fourth-order valence-corrected chi connectivity index (χ4v) is 7.58. The highest BCUT2D eigenvalue weighted by atomic mass is 15.1. The van der Waals surface area contributed by atoms with Gasteiger partial charge in [0.1, 0.15) is 0 Å². The zero-order valence-electron chi connectivity index (χ0n) is 29.1. The van der Waals surface area contributed by atoms with E-state index in [1.165, 1.54) is 49.7 Å². The van der Waals surface area contributed by atoms with Crippen LogP contribution in [0.3, 0.4) is 0 Å². The molecule has 1 aliphatic rings. The minimum absolute atomic E-state index is 0.531. The highest BCUT2D eigenvalue weighted by Crippen LogP contribution is 2.45. The number of rotatable bonds is 7. The van der Waals surface area contributed by atoms with Gasteiger partial charge >= 0.3 is 0 Å². The quantitative estimate of drug-likeness (QED) is 0.166. The number of anilines is 2. The van der Waals surface area contributed by atoms with E-state index in [1.54, 1.807) is 0 Å². The molecular weight excluding hydrogens is 633 g/mol. The number of nitrogens with two attached hydrogens (primary N) is 1. The van der Waals surface area contributed by atoms with E-state index in [1.807, 2.05) is 30.3 Å². The van der Waals surface area contributed by atoms with Gasteiger partial charge in [-0.05, 0) is 65.1 Å². The van der Waals surface area contributed by atoms with Gasteiger partial charge < -0.3 is 15.6 Å². The molecule has 4 nitrogen and oxygen atoms in total. The van der Waals surface area contributed by atoms with E-state index < -0.39 is 0 Å². The van der Waals surface area contributed by atoms with Crippen molar-refractivity contribution in [2.45, 2.75) is 20.0 Å². The molecule has 7 aromatic carbocycles. The molecule has 0 saturated carbocycles. The number of allylic oxidation sites excluding steroid dienone is 1. The van der Waals surface area contributed by atoms with E-state index in [0.29, 0.717) is 12.2 Å². The van der Waals surface area contributed by atoms with Crippen LogP contribution in [0.4, 0.5) is 11.4 Å². The van der Waals surface area contributed by atoms with Crippen molar-refractivity contribution in [3.63, 3.8) is 0 Å². The molecule has 0 atom stereocenters. The van der Waals surface area contributed by atoms with Gasteiger partial charge in [0.25, 0.3) is 0 Å². The molecule has 0 aliphatic carbocycles. The van der Waals surface area contributed by atoms with Crippen LogP contribution in [-0.2, 0) is 13.1 Å². The van der Waals surface area contributed by atoms with Gasteiger partial charge in [-0.15, -0.1) is 0 Å². The van der Waals surface area contributed by atoms with Gasteiger partial charge in [0.15, 0.2) is 0 Å². The third-order valence-corrected chi connectivity index (χ3v) is 10.2. The SMILES string of the molecule is Cc1ccc(/C(N)=C/C(=NCc2ccc(N3Cc4c(ccc5c4[nH]c4ccccc45)-c4ccccc43)cc2)c2ccccc2)c(-c2ccccc2)c1. The Morgan fingerprint density at radius 3 is 2.25 bits per heavy atom. The standard InChI is InChI=1S/C48H38N4/c1-32-20-25-38(42(28-32)34-12-4-2-5-13-34)44(49)29-46(35-14-6-3-7-15-35)50-30-33-21-23-36(24-22-33)52-31-43-37(40-17-9-11-19-47(40)52)26-27-41-39-16-8-10-18-45(39)51-48(41)43/h2-29,51H,30-31,49H2,1H3/b44-29-,50-46?. The van der Waals surface area contributed by atoms with Crippen LogP contribution < -0.4 is 10.6 Å². The topological polar surface area (TPSA) is 57.4 Å². The Balaban J connectivity index is 1.04. The number of hydrogen-bond acceptors (Lipinski definition) is 3. The Bertz CT molecular complexity index is 2630. The average molecular weight is 671 g/mol. The number of benzene rings is 7. The van der Waals surface area contributed by atoms with Crippen LogP contribution in [-0.4, -0.2) is 10.7 Å². The molecule has 0 saturated heterocycles. The number of H-pyrrole nitrogens is 1. The van der Waals surface area contributed by atoms with Crippen molar-refractivity contribution >= 4 is 44.6 Å². The first-order chi connectivity index (χ1) is 25.6. The molecule has 0 unspecified atom stereocenters. The number of fused-ring (bicyclic) bond motifs is 7. The largest absolute Gasteiger partial charge is 0.398 e. The Labute approximate surface area is 304 Å². The highest BCUT2D eigenvalue weighted by molar-refractivity contribution is 6.13. The molecule has 2 heterocycles. The summed E-state index contributed by atoms with van der Waals surface area (Å²) in [5.74, 6) is 0. The van der Waals surface area contributed by atoms with Crippen LogP contribution in [0.25, 0.3) is 49.8 Å². The Hall–Kier alpha value is -6.65. The number of nitrogens with one attached hydrogen (secondary N) is 1. The van der Waals surface area contributed by atoms with E-state index in [-0.39, 0.29) is 0 Å². The van der Waals surface area contributed by atoms with Crippen LogP contribution in [0.1, 0.15) is 27.8 Å². The lowest BCUT2D eigenvalue weighted by molar-refractivity contribution is 0.965. The lowest BCUT2D eigenvalue weighted by Crippen LogP contribution is -2.21. The molecule has 8 aromatic rings. The zero-order chi connectivity index (χ0) is 35.0. The van der Waals surface area contributed by atoms with Crippen LogP contribution >= 0.6 is 0 Å². The summed E-state index contributed by atoms with van der Waals surface area (Å²) in [5, 5.41) is 2.53. The van der Waals surface area contributed by atoms with Gasteiger partial charge in [-0.1, -0.05) is 145 Å². The second kappa shape index (κ2) is 13.2. The number of hydrogen-bond donors (Lipinski definition) is 2. The Morgan fingerprint density at radius 2 is 1.42 bits per heavy atom. The summed E-state index contributed by atoms with van der Waals surface area (Å²) in [6, 6.07) is 57.9. The first-order valence-electron chi connectivity index (χ1n) is 17.8. The third-order valence-electron chi connectivity index (χ3n) is 10.2. The van der Waals surface area contributed by atoms with Gasteiger partial charge in [0.05, 0.1) is 24.3 Å². The van der Waals surface area contributed by atoms with Crippen molar-refractivity contribution in [1.29, 1.82) is 0 Å². The summed E-state index contributed by atoms with van der Waals surface area (Å²) in [5.41, 5.74) is 23.7. The molecule has 9 rings (SSSR count). The molecule has 0 bridgehead atoms. The Morgan fingerprint density at radius 1 is 0.692 bits per heavy atom. The molecule has 52 heavy (non-hydrogen) atoms. The highest BCUT2D eigenvalue weighted by Gasteiger charge is 2.25. The van der Waals surface area contributed by atoms with Crippen molar-refractivity contribution in [1.82, 2.24) is 4.98 Å². The number of aliphatic imine (C=N–C) groups is 1. The van der Waals surface area contributed by atoms with Crippen molar-refractivity contribution in [2.75, 3.05) is 4.90 Å². The predicted octanol–water partition coefficient (Wildman–Crippen LogP) is 11.6. The van der Waals surface area contributed by atoms with Crippen molar-refractivity contribution in [2.24, 2.45) is 10.7 Å². The summed E-state index contributed by atoms with van der Waals surface area (Å²) < 4.78 is 0. The van der Waals surface area contributed by atoms with Crippen LogP contribution in [0.2, 0.25) is 0 Å². The van der Waals surface area contributed by atoms with E-state index in [4.69, 9.17) is 10.7 Å². The monoisotopic (exact) mass is 670 g/mol. The molecule has 0 spiro atoms. The number of aromatic nitrogens is 1. The van der Waals surface area contributed by atoms with Crippen molar-refractivity contribution in [3.8, 4) is 22.3 Å². The second-order valence-electron chi connectivity index (χ2n) is 13.5. The Kier molecular flexibility index (Phi) is 7.98. The van der Waals surface area contributed by atoms with Crippen LogP contribution in [0.5, 0.6) is 0 Å². The summed E-state index contributed by atoms with van der Waals surface area (Å²) in [4.78, 5) is 11.3. The minimum Gasteiger partial charge on any atom is -0.398 e. The number of nitrogens with zero attached hydrogens (tertiary/aromatic N) is 2. The maximum absolute atomic E-state index is 6.89. The third kappa shape index (κ3) is 5.74. The molecule has 1 aliphatic heterocycles. The zero-order valence-corrected chi connectivity index (χ0v) is 29.1. The smallest absolute Gasteiger partial charge is 0.0671 e. The molecule has 3 N–H and O–H groups in total. The molecule has 0 amide bonds. The lowest BCUT2D eigenvalue weighted by atomic mass is 9.91. The first-order valence-corrected chi connectivity index (χ1v) is 17.8. The van der Waals surface area contributed by atoms with Crippen molar-refractivity contribution < 1.29 is 0 Å². The van der Waals surface area contributed by atoms with Gasteiger partial charge in [-0.2, -0.15) is 0 Å². The summed E-state index contributed by atoms with van der Waals surface area (Å²) >= 11 is 0. The van der Waals surface area contributed by atoms with E-state index in [9.17, 15) is 0 Å². The fourth-order valence-electron chi connectivity index (χ4n) is 7.58. The summed E-state index contributed by atoms with van der Waals surface area (Å²) in [6.07, 6.45) is 2.02. The van der Waals surface area contributed by atoms with E-state index in [0.717, 1.165) is 45.8 Å². The van der Waals surface area contributed by atoms with Crippen molar-refractivity contribution in [3.05, 3.63) is 198 Å². The molecular formula is C48H38N4. The molecule has 250 valence electrons.